The van der Waals surface area contributed by atoms with Crippen LogP contribution in [-0.2, 0) is 6.18 Å². The van der Waals surface area contributed by atoms with E-state index in [2.05, 4.69) is 41.7 Å². The average Bonchev–Trinajstić information content (AvgIpc) is 2.94. The second-order valence-corrected chi connectivity index (χ2v) is 15.6. The predicted molar refractivity (Wildman–Crippen MR) is 149 cm³/mol. The maximum absolute atomic E-state index is 13.0. The SMILES string of the molecule is O=C(NCCCCP(Cl)(c1ccccc1)(c1ccccc1)c1ccccc1)c1cccc(C(F)(F)F)c1. The van der Waals surface area contributed by atoms with Gasteiger partial charge in [-0.05, 0) is 0 Å². The molecule has 0 aliphatic carbocycles. The molecule has 0 saturated carbocycles. The van der Waals surface area contributed by atoms with Crippen molar-refractivity contribution in [3.8, 4) is 0 Å². The van der Waals surface area contributed by atoms with Gasteiger partial charge in [0, 0.05) is 0 Å². The van der Waals surface area contributed by atoms with Crippen molar-refractivity contribution in [2.75, 3.05) is 12.7 Å². The summed E-state index contributed by atoms with van der Waals surface area (Å²) >= 11 is 8.01. The molecule has 0 radical (unpaired) electrons. The van der Waals surface area contributed by atoms with Crippen molar-refractivity contribution in [2.24, 2.45) is 0 Å². The van der Waals surface area contributed by atoms with Crippen molar-refractivity contribution in [1.29, 1.82) is 0 Å². The normalized spacial score (nSPS) is 12.9. The number of nitrogens with one attached hydrogen (secondary N) is 1. The molecule has 0 aliphatic rings. The average molecular weight is 542 g/mol. The van der Waals surface area contributed by atoms with Gasteiger partial charge in [0.05, 0.1) is 0 Å². The second kappa shape index (κ2) is 11.1. The zero-order chi connectivity index (χ0) is 26.4. The van der Waals surface area contributed by atoms with Gasteiger partial charge in [-0.15, -0.1) is 0 Å². The van der Waals surface area contributed by atoms with Gasteiger partial charge in [0.15, 0.2) is 0 Å². The van der Waals surface area contributed by atoms with Crippen LogP contribution in [0.1, 0.15) is 28.8 Å². The number of rotatable bonds is 9. The summed E-state index contributed by atoms with van der Waals surface area (Å²) in [5.41, 5.74) is -0.849. The first-order valence-corrected chi connectivity index (χ1v) is 15.4. The molecular formula is C30H28ClF3NOP. The topological polar surface area (TPSA) is 29.1 Å². The quantitative estimate of drug-likeness (QED) is 0.181. The Hall–Kier alpha value is -3.14. The Bertz CT molecular complexity index is 1230. The number of carbonyl (C=O) groups is 1. The molecule has 4 aromatic rings. The third-order valence-electron chi connectivity index (χ3n) is 6.63. The van der Waals surface area contributed by atoms with Crippen molar-refractivity contribution < 1.29 is 18.0 Å². The van der Waals surface area contributed by atoms with Crippen molar-refractivity contribution in [2.45, 2.75) is 19.0 Å². The number of unbranched alkanes of at least 4 members (excludes halogenated alkanes) is 1. The predicted octanol–water partition coefficient (Wildman–Crippen LogP) is 6.90. The van der Waals surface area contributed by atoms with E-state index in [1.54, 1.807) is 0 Å². The number of hydrogen-bond donors (Lipinski definition) is 1. The van der Waals surface area contributed by atoms with Gasteiger partial charge in [-0.3, -0.25) is 0 Å². The monoisotopic (exact) mass is 541 g/mol. The Morgan fingerprint density at radius 2 is 1.19 bits per heavy atom. The van der Waals surface area contributed by atoms with Crippen LogP contribution in [0, 0.1) is 0 Å². The molecule has 7 heteroatoms. The molecule has 1 N–H and O–H groups in total. The van der Waals surface area contributed by atoms with Crippen LogP contribution in [0.2, 0.25) is 0 Å². The summed E-state index contributed by atoms with van der Waals surface area (Å²) in [7, 11) is 0. The van der Waals surface area contributed by atoms with Gasteiger partial charge in [0.2, 0.25) is 0 Å². The number of halogens is 4. The van der Waals surface area contributed by atoms with Crippen LogP contribution in [0.5, 0.6) is 0 Å². The van der Waals surface area contributed by atoms with Gasteiger partial charge in [-0.2, -0.15) is 0 Å². The maximum atomic E-state index is 13.0. The second-order valence-electron chi connectivity index (χ2n) is 8.95. The molecule has 0 fully saturated rings. The first kappa shape index (κ1) is 26.9. The molecule has 1 amide bonds. The molecule has 0 atom stereocenters. The van der Waals surface area contributed by atoms with Gasteiger partial charge in [-0.1, -0.05) is 0 Å². The van der Waals surface area contributed by atoms with Crippen LogP contribution in [0.3, 0.4) is 0 Å². The molecular weight excluding hydrogens is 514 g/mol. The van der Waals surface area contributed by atoms with Gasteiger partial charge in [-0.25, -0.2) is 0 Å². The Balaban J connectivity index is 1.56. The molecule has 4 aromatic carbocycles. The van der Waals surface area contributed by atoms with E-state index in [4.69, 9.17) is 11.2 Å². The molecule has 192 valence electrons. The van der Waals surface area contributed by atoms with E-state index < -0.39 is 23.6 Å². The van der Waals surface area contributed by atoms with Crippen LogP contribution < -0.4 is 21.2 Å². The van der Waals surface area contributed by atoms with Crippen molar-refractivity contribution in [1.82, 2.24) is 5.32 Å². The Morgan fingerprint density at radius 3 is 1.65 bits per heavy atom. The molecule has 0 bridgehead atoms. The van der Waals surface area contributed by atoms with E-state index in [1.165, 1.54) is 12.1 Å². The molecule has 0 spiro atoms. The number of hydrogen-bond acceptors (Lipinski definition) is 1. The minimum atomic E-state index is -4.50. The summed E-state index contributed by atoms with van der Waals surface area (Å²) in [6.07, 6.45) is -2.49. The molecule has 2 nitrogen and oxygen atoms in total. The Morgan fingerprint density at radius 1 is 0.703 bits per heavy atom. The Labute approximate surface area is 220 Å². The summed E-state index contributed by atoms with van der Waals surface area (Å²) < 4.78 is 39.0. The standard InChI is InChI=1S/C30H28ClF3NOP/c31-37(26-15-4-1-5-16-26,27-17-6-2-7-18-27,28-19-8-3-9-20-28)22-11-10-21-35-29(36)24-13-12-14-25(23-24)30(32,33)34/h1-9,12-20,23H,10-11,21-22H2,(H,35,36). The van der Waals surface area contributed by atoms with Gasteiger partial charge >= 0.3 is 220 Å². The van der Waals surface area contributed by atoms with Crippen LogP contribution in [0.4, 0.5) is 13.2 Å². The van der Waals surface area contributed by atoms with E-state index in [0.29, 0.717) is 25.5 Å². The molecule has 0 heterocycles. The third-order valence-corrected chi connectivity index (χ3v) is 14.2. The fraction of sp³-hybridized carbons (Fsp3) is 0.167. The van der Waals surface area contributed by atoms with Crippen molar-refractivity contribution >= 4 is 39.0 Å². The summed E-state index contributed by atoms with van der Waals surface area (Å²) in [6.45, 7) is 0.330. The van der Waals surface area contributed by atoms with Gasteiger partial charge in [0.25, 0.3) is 0 Å². The summed E-state index contributed by atoms with van der Waals surface area (Å²) in [5, 5.41) is 5.97. The molecule has 37 heavy (non-hydrogen) atoms. The Kier molecular flexibility index (Phi) is 8.06. The van der Waals surface area contributed by atoms with Crippen LogP contribution >= 0.6 is 17.2 Å². The summed E-state index contributed by atoms with van der Waals surface area (Å²) in [4.78, 5) is 12.5. The minimum absolute atomic E-state index is 0.00958. The van der Waals surface area contributed by atoms with Gasteiger partial charge < -0.3 is 0 Å². The zero-order valence-corrected chi connectivity index (χ0v) is 21.8. The molecule has 0 aromatic heterocycles. The van der Waals surface area contributed by atoms with Crippen molar-refractivity contribution in [3.63, 3.8) is 0 Å². The molecule has 0 unspecified atom stereocenters. The molecule has 0 saturated heterocycles. The third kappa shape index (κ3) is 5.58. The van der Waals surface area contributed by atoms with Crippen LogP contribution in [0.15, 0.2) is 115 Å². The number of amides is 1. The summed E-state index contributed by atoms with van der Waals surface area (Å²) in [5.74, 6) is -3.90. The van der Waals surface area contributed by atoms with Crippen LogP contribution in [0.25, 0.3) is 0 Å². The van der Waals surface area contributed by atoms with E-state index in [9.17, 15) is 18.0 Å². The van der Waals surface area contributed by atoms with E-state index in [-0.39, 0.29) is 5.56 Å². The number of alkyl halides is 3. The van der Waals surface area contributed by atoms with Gasteiger partial charge in [0.1, 0.15) is 0 Å². The fourth-order valence-corrected chi connectivity index (χ4v) is 11.0. The first-order chi connectivity index (χ1) is 17.7. The number of carbonyl (C=O) groups excluding carboxylic acids is 1. The number of benzene rings is 4. The fourth-order valence-electron chi connectivity index (χ4n) is 4.73. The van der Waals surface area contributed by atoms with Crippen LogP contribution in [-0.4, -0.2) is 18.6 Å². The first-order valence-electron chi connectivity index (χ1n) is 12.1. The van der Waals surface area contributed by atoms with E-state index in [0.717, 1.165) is 28.0 Å². The molecule has 0 aliphatic heterocycles. The van der Waals surface area contributed by atoms with E-state index >= 15 is 0 Å². The zero-order valence-electron chi connectivity index (χ0n) is 20.2. The van der Waals surface area contributed by atoms with E-state index in [1.807, 2.05) is 54.6 Å². The van der Waals surface area contributed by atoms with Crippen molar-refractivity contribution in [3.05, 3.63) is 126 Å². The summed E-state index contributed by atoms with van der Waals surface area (Å²) in [6, 6.07) is 34.9. The molecule has 4 rings (SSSR count).